The molecule has 0 aliphatic heterocycles. The van der Waals surface area contributed by atoms with E-state index in [1.807, 2.05) is 0 Å². The zero-order valence-electron chi connectivity index (χ0n) is 14.2. The topological polar surface area (TPSA) is 71.6 Å². The zero-order chi connectivity index (χ0) is 16.1. The van der Waals surface area contributed by atoms with Gasteiger partial charge in [0.15, 0.2) is 0 Å². The Labute approximate surface area is 137 Å². The Morgan fingerprint density at radius 1 is 0.455 bits per heavy atom. The third-order valence-electron chi connectivity index (χ3n) is 3.78. The van der Waals surface area contributed by atoms with E-state index in [0.717, 1.165) is 26.2 Å². The first kappa shape index (κ1) is 20.9. The highest BCUT2D eigenvalue weighted by Gasteiger charge is 1.94. The highest BCUT2D eigenvalue weighted by Crippen LogP contribution is 2.10. The van der Waals surface area contributed by atoms with Gasteiger partial charge in [-0.05, 0) is 25.9 Å². The fourth-order valence-corrected chi connectivity index (χ4v) is 2.45. The molecule has 0 spiro atoms. The Balaban J connectivity index is 2.94. The minimum absolute atomic E-state index is 0.621. The van der Waals surface area contributed by atoms with Gasteiger partial charge >= 0.3 is 0 Å². The SMILES string of the molecule is N#CCCNCCCCCCCCCCCCNCCC#N. The molecule has 0 radical (unpaired) electrons. The molecule has 0 unspecified atom stereocenters. The summed E-state index contributed by atoms with van der Waals surface area (Å²) < 4.78 is 0. The molecule has 0 amide bonds. The maximum absolute atomic E-state index is 8.40. The Hall–Kier alpha value is -1.10. The van der Waals surface area contributed by atoms with Crippen molar-refractivity contribution in [2.24, 2.45) is 0 Å². The number of nitrogens with zero attached hydrogens (tertiary/aromatic N) is 2. The van der Waals surface area contributed by atoms with Crippen molar-refractivity contribution in [1.29, 1.82) is 10.5 Å². The Bertz CT molecular complexity index is 260. The fourth-order valence-electron chi connectivity index (χ4n) is 2.45. The second kappa shape index (κ2) is 19.9. The summed E-state index contributed by atoms with van der Waals surface area (Å²) in [6.07, 6.45) is 14.5. The van der Waals surface area contributed by atoms with Crippen molar-refractivity contribution in [2.75, 3.05) is 26.2 Å². The van der Waals surface area contributed by atoms with Gasteiger partial charge in [0.1, 0.15) is 0 Å². The van der Waals surface area contributed by atoms with Crippen LogP contribution in [-0.4, -0.2) is 26.2 Å². The molecule has 0 aliphatic carbocycles. The van der Waals surface area contributed by atoms with Crippen LogP contribution in [0.1, 0.15) is 77.0 Å². The molecule has 0 aromatic heterocycles. The van der Waals surface area contributed by atoms with Crippen molar-refractivity contribution < 1.29 is 0 Å². The summed E-state index contributed by atoms with van der Waals surface area (Å²) >= 11 is 0. The van der Waals surface area contributed by atoms with E-state index in [9.17, 15) is 0 Å². The largest absolute Gasteiger partial charge is 0.316 e. The lowest BCUT2D eigenvalue weighted by molar-refractivity contribution is 0.535. The Kier molecular flexibility index (Phi) is 18.9. The average Bonchev–Trinajstić information content (AvgIpc) is 2.54. The third kappa shape index (κ3) is 18.9. The molecule has 0 aromatic carbocycles. The minimum Gasteiger partial charge on any atom is -0.316 e. The van der Waals surface area contributed by atoms with Crippen molar-refractivity contribution >= 4 is 0 Å². The van der Waals surface area contributed by atoms with Crippen LogP contribution < -0.4 is 10.6 Å². The van der Waals surface area contributed by atoms with Crippen LogP contribution >= 0.6 is 0 Å². The summed E-state index contributed by atoms with van der Waals surface area (Å²) in [7, 11) is 0. The first-order valence-corrected chi connectivity index (χ1v) is 9.07. The van der Waals surface area contributed by atoms with Gasteiger partial charge in [-0.2, -0.15) is 10.5 Å². The lowest BCUT2D eigenvalue weighted by Crippen LogP contribution is -2.16. The van der Waals surface area contributed by atoms with Crippen LogP contribution in [0.25, 0.3) is 0 Å². The van der Waals surface area contributed by atoms with Crippen molar-refractivity contribution in [3.63, 3.8) is 0 Å². The molecular formula is C18H34N4. The molecule has 0 rings (SSSR count). The van der Waals surface area contributed by atoms with E-state index >= 15 is 0 Å². The van der Waals surface area contributed by atoms with Crippen molar-refractivity contribution in [1.82, 2.24) is 10.6 Å². The number of hydrogen-bond acceptors (Lipinski definition) is 4. The molecule has 0 saturated heterocycles. The van der Waals surface area contributed by atoms with Gasteiger partial charge in [0, 0.05) is 25.9 Å². The maximum atomic E-state index is 8.40. The summed E-state index contributed by atoms with van der Waals surface area (Å²) in [6.45, 7) is 3.79. The predicted molar refractivity (Wildman–Crippen MR) is 92.4 cm³/mol. The minimum atomic E-state index is 0.621. The highest BCUT2D eigenvalue weighted by atomic mass is 14.8. The Morgan fingerprint density at radius 3 is 1.09 bits per heavy atom. The first-order valence-electron chi connectivity index (χ1n) is 9.07. The molecule has 0 bridgehead atoms. The van der Waals surface area contributed by atoms with Gasteiger partial charge in [0.05, 0.1) is 12.1 Å². The molecule has 0 aromatic rings. The van der Waals surface area contributed by atoms with Crippen LogP contribution in [-0.2, 0) is 0 Å². The average molecular weight is 306 g/mol. The van der Waals surface area contributed by atoms with E-state index in [0.29, 0.717) is 12.8 Å². The molecule has 22 heavy (non-hydrogen) atoms. The second-order valence-corrected chi connectivity index (χ2v) is 5.85. The van der Waals surface area contributed by atoms with Gasteiger partial charge in [-0.1, -0.05) is 51.4 Å². The van der Waals surface area contributed by atoms with E-state index < -0.39 is 0 Å². The van der Waals surface area contributed by atoms with Gasteiger partial charge in [-0.3, -0.25) is 0 Å². The lowest BCUT2D eigenvalue weighted by atomic mass is 10.1. The Morgan fingerprint density at radius 2 is 0.773 bits per heavy atom. The second-order valence-electron chi connectivity index (χ2n) is 5.85. The van der Waals surface area contributed by atoms with Crippen LogP contribution in [0.2, 0.25) is 0 Å². The lowest BCUT2D eigenvalue weighted by Gasteiger charge is -2.04. The molecule has 0 saturated carbocycles. The van der Waals surface area contributed by atoms with Crippen LogP contribution in [0.5, 0.6) is 0 Å². The first-order chi connectivity index (χ1) is 10.9. The van der Waals surface area contributed by atoms with Gasteiger partial charge in [0.25, 0.3) is 0 Å². The van der Waals surface area contributed by atoms with Crippen LogP contribution in [0.4, 0.5) is 0 Å². The predicted octanol–water partition coefficient (Wildman–Crippen LogP) is 3.89. The van der Waals surface area contributed by atoms with E-state index in [4.69, 9.17) is 10.5 Å². The van der Waals surface area contributed by atoms with Crippen molar-refractivity contribution in [3.8, 4) is 12.1 Å². The summed E-state index contributed by atoms with van der Waals surface area (Å²) in [5.74, 6) is 0. The van der Waals surface area contributed by atoms with Crippen LogP contribution in [0, 0.1) is 22.7 Å². The number of nitriles is 2. The molecule has 2 N–H and O–H groups in total. The molecule has 126 valence electrons. The monoisotopic (exact) mass is 306 g/mol. The standard InChI is InChI=1S/C18H34N4/c19-13-11-17-21-15-9-7-5-3-1-2-4-6-8-10-16-22-18-12-14-20/h21-22H,1-12,15-18H2. The highest BCUT2D eigenvalue weighted by molar-refractivity contribution is 4.70. The zero-order valence-corrected chi connectivity index (χ0v) is 14.2. The van der Waals surface area contributed by atoms with E-state index in [1.54, 1.807) is 0 Å². The molecular weight excluding hydrogens is 272 g/mol. The van der Waals surface area contributed by atoms with Crippen molar-refractivity contribution in [2.45, 2.75) is 77.0 Å². The molecule has 4 heteroatoms. The summed E-state index contributed by atoms with van der Waals surface area (Å²) in [4.78, 5) is 0. The number of hydrogen-bond donors (Lipinski definition) is 2. The molecule has 4 nitrogen and oxygen atoms in total. The van der Waals surface area contributed by atoms with Gasteiger partial charge in [-0.25, -0.2) is 0 Å². The van der Waals surface area contributed by atoms with Gasteiger partial charge in [0.2, 0.25) is 0 Å². The maximum Gasteiger partial charge on any atom is 0.0635 e. The summed E-state index contributed by atoms with van der Waals surface area (Å²) in [5, 5.41) is 23.4. The van der Waals surface area contributed by atoms with Gasteiger partial charge < -0.3 is 10.6 Å². The van der Waals surface area contributed by atoms with E-state index in [1.165, 1.54) is 64.2 Å². The normalized spacial score (nSPS) is 10.3. The van der Waals surface area contributed by atoms with E-state index in [-0.39, 0.29) is 0 Å². The fraction of sp³-hybridized carbons (Fsp3) is 0.889. The van der Waals surface area contributed by atoms with E-state index in [2.05, 4.69) is 22.8 Å². The van der Waals surface area contributed by atoms with Gasteiger partial charge in [-0.15, -0.1) is 0 Å². The number of nitrogens with one attached hydrogen (secondary N) is 2. The quantitative estimate of drug-likeness (QED) is 0.400. The summed E-state index contributed by atoms with van der Waals surface area (Å²) in [6, 6.07) is 4.29. The van der Waals surface area contributed by atoms with Crippen LogP contribution in [0.15, 0.2) is 0 Å². The number of unbranched alkanes of at least 4 members (excludes halogenated alkanes) is 9. The summed E-state index contributed by atoms with van der Waals surface area (Å²) in [5.41, 5.74) is 0. The smallest absolute Gasteiger partial charge is 0.0635 e. The molecule has 0 aliphatic rings. The molecule has 0 atom stereocenters. The number of rotatable bonds is 17. The third-order valence-corrected chi connectivity index (χ3v) is 3.78. The van der Waals surface area contributed by atoms with Crippen LogP contribution in [0.3, 0.4) is 0 Å². The molecule has 0 fully saturated rings. The van der Waals surface area contributed by atoms with Crippen molar-refractivity contribution in [3.05, 3.63) is 0 Å². The molecule has 0 heterocycles.